The molecule has 0 aliphatic heterocycles. The summed E-state index contributed by atoms with van der Waals surface area (Å²) in [5.41, 5.74) is 6.44. The average molecular weight is 494 g/mol. The summed E-state index contributed by atoms with van der Waals surface area (Å²) in [6.07, 6.45) is 3.36. The second-order valence-corrected chi connectivity index (χ2v) is 7.36. The summed E-state index contributed by atoms with van der Waals surface area (Å²) in [6, 6.07) is 14.9. The maximum Gasteiger partial charge on any atom is 0.252 e. The maximum absolute atomic E-state index is 12.2. The summed E-state index contributed by atoms with van der Waals surface area (Å²) in [6.45, 7) is 1.75. The molecular weight excluding hydrogens is 476 g/mol. The highest BCUT2D eigenvalue weighted by atomic mass is 79.9. The average Bonchev–Trinajstić information content (AvgIpc) is 2.65. The number of benzene rings is 2. The molecule has 0 radical (unpaired) electrons. The predicted octanol–water partition coefficient (Wildman–Crippen LogP) is 3.84. The van der Waals surface area contributed by atoms with Crippen LogP contribution in [0.15, 0.2) is 67.7 Å². The van der Waals surface area contributed by atoms with Crippen molar-refractivity contribution >= 4 is 56.1 Å². The standard InChI is InChI=1S/C19H18Br2N4O2/c1-2-17(18(26)24-22-11-13-3-7-15(20)8-4-13)19(27)25-23-12-14-5-9-16(21)10-6-14/h3-12,17H,2H2,1H3,(H,24,26)(H,25,27)/b22-11+,23-12+. The number of halogens is 2. The summed E-state index contributed by atoms with van der Waals surface area (Å²) in [5, 5.41) is 7.79. The topological polar surface area (TPSA) is 82.9 Å². The first-order valence-electron chi connectivity index (χ1n) is 8.16. The molecule has 0 aromatic heterocycles. The van der Waals surface area contributed by atoms with E-state index in [4.69, 9.17) is 0 Å². The lowest BCUT2D eigenvalue weighted by atomic mass is 10.1. The number of carbonyl (C=O) groups excluding carboxylic acids is 2. The second-order valence-electron chi connectivity index (χ2n) is 5.53. The number of hydrogen-bond acceptors (Lipinski definition) is 4. The molecule has 27 heavy (non-hydrogen) atoms. The zero-order valence-corrected chi connectivity index (χ0v) is 17.7. The number of rotatable bonds is 7. The van der Waals surface area contributed by atoms with Crippen LogP contribution < -0.4 is 10.9 Å². The smallest absolute Gasteiger partial charge is 0.252 e. The van der Waals surface area contributed by atoms with Gasteiger partial charge in [0.15, 0.2) is 0 Å². The van der Waals surface area contributed by atoms with Crippen LogP contribution in [0.4, 0.5) is 0 Å². The first kappa shape index (κ1) is 21.0. The van der Waals surface area contributed by atoms with E-state index >= 15 is 0 Å². The quantitative estimate of drug-likeness (QED) is 0.349. The third-order valence-electron chi connectivity index (χ3n) is 3.56. The lowest BCUT2D eigenvalue weighted by Crippen LogP contribution is -2.37. The highest BCUT2D eigenvalue weighted by molar-refractivity contribution is 9.10. The van der Waals surface area contributed by atoms with Crippen LogP contribution in [0.25, 0.3) is 0 Å². The van der Waals surface area contributed by atoms with E-state index in [1.165, 1.54) is 12.4 Å². The molecular formula is C19H18Br2N4O2. The van der Waals surface area contributed by atoms with Gasteiger partial charge in [-0.15, -0.1) is 0 Å². The molecule has 2 aromatic carbocycles. The van der Waals surface area contributed by atoms with E-state index in [0.29, 0.717) is 6.42 Å². The molecule has 2 rings (SSSR count). The third kappa shape index (κ3) is 7.07. The van der Waals surface area contributed by atoms with Crippen LogP contribution in [0.2, 0.25) is 0 Å². The molecule has 0 saturated heterocycles. The van der Waals surface area contributed by atoms with Gasteiger partial charge >= 0.3 is 0 Å². The van der Waals surface area contributed by atoms with Crippen molar-refractivity contribution in [2.75, 3.05) is 0 Å². The van der Waals surface area contributed by atoms with Crippen molar-refractivity contribution in [3.05, 3.63) is 68.6 Å². The molecule has 0 aliphatic rings. The summed E-state index contributed by atoms with van der Waals surface area (Å²) >= 11 is 6.70. The molecule has 6 nitrogen and oxygen atoms in total. The maximum atomic E-state index is 12.2. The fourth-order valence-electron chi connectivity index (χ4n) is 2.08. The first-order chi connectivity index (χ1) is 13.0. The van der Waals surface area contributed by atoms with Gasteiger partial charge in [0, 0.05) is 8.95 Å². The fourth-order valence-corrected chi connectivity index (χ4v) is 2.61. The lowest BCUT2D eigenvalue weighted by Gasteiger charge is -2.10. The monoisotopic (exact) mass is 492 g/mol. The molecule has 0 fully saturated rings. The van der Waals surface area contributed by atoms with E-state index in [9.17, 15) is 9.59 Å². The Hall–Kier alpha value is -2.32. The number of nitrogens with one attached hydrogen (secondary N) is 2. The van der Waals surface area contributed by atoms with Crippen LogP contribution in [0.5, 0.6) is 0 Å². The summed E-state index contributed by atoms with van der Waals surface area (Å²) in [5.74, 6) is -1.85. The predicted molar refractivity (Wildman–Crippen MR) is 114 cm³/mol. The molecule has 0 spiro atoms. The van der Waals surface area contributed by atoms with Gasteiger partial charge < -0.3 is 0 Å². The van der Waals surface area contributed by atoms with E-state index in [1.54, 1.807) is 6.92 Å². The Labute approximate surface area is 174 Å². The van der Waals surface area contributed by atoms with E-state index in [0.717, 1.165) is 20.1 Å². The zero-order valence-electron chi connectivity index (χ0n) is 14.5. The van der Waals surface area contributed by atoms with Crippen molar-refractivity contribution < 1.29 is 9.59 Å². The van der Waals surface area contributed by atoms with Gasteiger partial charge in [-0.25, -0.2) is 10.9 Å². The van der Waals surface area contributed by atoms with Gasteiger partial charge in [0.25, 0.3) is 11.8 Å². The molecule has 2 N–H and O–H groups in total. The van der Waals surface area contributed by atoms with E-state index in [1.807, 2.05) is 48.5 Å². The first-order valence-corrected chi connectivity index (χ1v) is 9.75. The fraction of sp³-hybridized carbons (Fsp3) is 0.158. The Morgan fingerprint density at radius 3 is 1.56 bits per heavy atom. The SMILES string of the molecule is CCC(C(=O)N/N=C/c1ccc(Br)cc1)C(=O)N/N=C/c1ccc(Br)cc1. The van der Waals surface area contributed by atoms with Gasteiger partial charge in [-0.1, -0.05) is 63.0 Å². The van der Waals surface area contributed by atoms with Crippen molar-refractivity contribution in [1.82, 2.24) is 10.9 Å². The minimum atomic E-state index is -0.880. The molecule has 0 aliphatic carbocycles. The Balaban J connectivity index is 1.87. The van der Waals surface area contributed by atoms with Crippen molar-refractivity contribution in [1.29, 1.82) is 0 Å². The highest BCUT2D eigenvalue weighted by Crippen LogP contribution is 2.10. The molecule has 0 atom stereocenters. The molecule has 2 aromatic rings. The van der Waals surface area contributed by atoms with E-state index in [2.05, 4.69) is 52.9 Å². The molecule has 8 heteroatoms. The number of carbonyl (C=O) groups is 2. The largest absolute Gasteiger partial charge is 0.272 e. The van der Waals surface area contributed by atoms with Crippen LogP contribution in [-0.2, 0) is 9.59 Å². The number of hydrogen-bond donors (Lipinski definition) is 2. The Bertz CT molecular complexity index is 764. The van der Waals surface area contributed by atoms with E-state index < -0.39 is 17.7 Å². The number of amides is 2. The van der Waals surface area contributed by atoms with Crippen molar-refractivity contribution in [3.8, 4) is 0 Å². The van der Waals surface area contributed by atoms with Crippen molar-refractivity contribution in [2.45, 2.75) is 13.3 Å². The lowest BCUT2D eigenvalue weighted by molar-refractivity contribution is -0.135. The molecule has 0 unspecified atom stereocenters. The minimum absolute atomic E-state index is 0.333. The van der Waals surface area contributed by atoms with Gasteiger partial charge in [0.2, 0.25) is 0 Å². The van der Waals surface area contributed by atoms with E-state index in [-0.39, 0.29) is 0 Å². The van der Waals surface area contributed by atoms with Crippen LogP contribution in [0.1, 0.15) is 24.5 Å². The zero-order chi connectivity index (χ0) is 19.6. The molecule has 0 bridgehead atoms. The second kappa shape index (κ2) is 10.7. The normalized spacial score (nSPS) is 11.3. The van der Waals surface area contributed by atoms with Gasteiger partial charge in [0.05, 0.1) is 12.4 Å². The summed E-state index contributed by atoms with van der Waals surface area (Å²) in [4.78, 5) is 24.4. The van der Waals surface area contributed by atoms with Gasteiger partial charge in [-0.3, -0.25) is 9.59 Å². The van der Waals surface area contributed by atoms with Crippen LogP contribution >= 0.6 is 31.9 Å². The highest BCUT2D eigenvalue weighted by Gasteiger charge is 2.24. The number of hydrazone groups is 2. The Kier molecular flexibility index (Phi) is 8.35. The molecule has 140 valence electrons. The van der Waals surface area contributed by atoms with Crippen LogP contribution in [-0.4, -0.2) is 24.2 Å². The summed E-state index contributed by atoms with van der Waals surface area (Å²) < 4.78 is 1.91. The van der Waals surface area contributed by atoms with Crippen molar-refractivity contribution in [3.63, 3.8) is 0 Å². The molecule has 2 amide bonds. The van der Waals surface area contributed by atoms with Gasteiger partial charge in [0.1, 0.15) is 5.92 Å². The third-order valence-corrected chi connectivity index (χ3v) is 4.62. The molecule has 0 saturated carbocycles. The summed E-state index contributed by atoms with van der Waals surface area (Å²) in [7, 11) is 0. The van der Waals surface area contributed by atoms with Crippen LogP contribution in [0.3, 0.4) is 0 Å². The van der Waals surface area contributed by atoms with Gasteiger partial charge in [-0.2, -0.15) is 10.2 Å². The minimum Gasteiger partial charge on any atom is -0.272 e. The Morgan fingerprint density at radius 2 is 1.22 bits per heavy atom. The Morgan fingerprint density at radius 1 is 0.852 bits per heavy atom. The molecule has 0 heterocycles. The van der Waals surface area contributed by atoms with Crippen molar-refractivity contribution in [2.24, 2.45) is 16.1 Å². The number of nitrogens with zero attached hydrogens (tertiary/aromatic N) is 2. The van der Waals surface area contributed by atoms with Crippen LogP contribution in [0, 0.1) is 5.92 Å². The van der Waals surface area contributed by atoms with Gasteiger partial charge in [-0.05, 0) is 41.8 Å².